The van der Waals surface area contributed by atoms with Crippen molar-refractivity contribution < 1.29 is 5.11 Å². The van der Waals surface area contributed by atoms with Crippen LogP contribution in [0.4, 0.5) is 5.82 Å². The molecule has 0 aliphatic carbocycles. The van der Waals surface area contributed by atoms with Gasteiger partial charge in [-0.15, -0.1) is 10.2 Å². The van der Waals surface area contributed by atoms with Crippen LogP contribution in [0.3, 0.4) is 0 Å². The molecule has 1 aromatic carbocycles. The van der Waals surface area contributed by atoms with Crippen LogP contribution in [0.1, 0.15) is 16.7 Å². The quantitative estimate of drug-likeness (QED) is 0.883. The number of benzene rings is 1. The summed E-state index contributed by atoms with van der Waals surface area (Å²) in [5.41, 5.74) is 5.81. The highest BCUT2D eigenvalue weighted by Gasteiger charge is 2.07. The third-order valence-electron chi connectivity index (χ3n) is 3.42. The minimum Gasteiger partial charge on any atom is -0.395 e. The zero-order valence-electron chi connectivity index (χ0n) is 11.6. The van der Waals surface area contributed by atoms with Gasteiger partial charge in [0.05, 0.1) is 12.3 Å². The van der Waals surface area contributed by atoms with Gasteiger partial charge in [-0.3, -0.25) is 0 Å². The molecule has 0 unspecified atom stereocenters. The molecular formula is C15H19N3O. The Balaban J connectivity index is 2.30. The van der Waals surface area contributed by atoms with E-state index in [9.17, 15) is 0 Å². The Morgan fingerprint density at radius 3 is 2.42 bits per heavy atom. The van der Waals surface area contributed by atoms with Crippen LogP contribution in [-0.4, -0.2) is 28.5 Å². The number of rotatable bonds is 4. The van der Waals surface area contributed by atoms with E-state index in [2.05, 4.69) is 48.4 Å². The van der Waals surface area contributed by atoms with Crippen molar-refractivity contribution in [2.75, 3.05) is 18.5 Å². The molecule has 4 nitrogen and oxygen atoms in total. The van der Waals surface area contributed by atoms with Crippen molar-refractivity contribution in [2.24, 2.45) is 0 Å². The Bertz CT molecular complexity index is 564. The summed E-state index contributed by atoms with van der Waals surface area (Å²) in [6.07, 6.45) is 0. The SMILES string of the molecule is Cc1ccc(-c2ccc(NCCO)nn2)c(C)c1C. The number of anilines is 1. The zero-order valence-corrected chi connectivity index (χ0v) is 11.6. The van der Waals surface area contributed by atoms with Crippen molar-refractivity contribution in [3.8, 4) is 11.3 Å². The first-order valence-electron chi connectivity index (χ1n) is 6.39. The maximum absolute atomic E-state index is 8.74. The minimum absolute atomic E-state index is 0.0830. The molecule has 0 spiro atoms. The molecule has 0 bridgehead atoms. The minimum atomic E-state index is 0.0830. The number of aliphatic hydroxyl groups is 1. The van der Waals surface area contributed by atoms with Gasteiger partial charge < -0.3 is 10.4 Å². The number of nitrogens with one attached hydrogen (secondary N) is 1. The molecule has 100 valence electrons. The highest BCUT2D eigenvalue weighted by atomic mass is 16.3. The molecule has 0 amide bonds. The molecule has 1 aromatic heterocycles. The fourth-order valence-corrected chi connectivity index (χ4v) is 1.99. The summed E-state index contributed by atoms with van der Waals surface area (Å²) >= 11 is 0. The van der Waals surface area contributed by atoms with E-state index in [-0.39, 0.29) is 6.61 Å². The Morgan fingerprint density at radius 1 is 1.00 bits per heavy atom. The van der Waals surface area contributed by atoms with Gasteiger partial charge in [-0.25, -0.2) is 0 Å². The first-order chi connectivity index (χ1) is 9.13. The van der Waals surface area contributed by atoms with Crippen LogP contribution >= 0.6 is 0 Å². The molecule has 0 saturated heterocycles. The van der Waals surface area contributed by atoms with Gasteiger partial charge in [0.1, 0.15) is 5.82 Å². The van der Waals surface area contributed by atoms with Gasteiger partial charge in [0.25, 0.3) is 0 Å². The van der Waals surface area contributed by atoms with Crippen LogP contribution in [-0.2, 0) is 0 Å². The average Bonchev–Trinajstić information content (AvgIpc) is 2.44. The van der Waals surface area contributed by atoms with Crippen LogP contribution in [0.15, 0.2) is 24.3 Å². The fraction of sp³-hybridized carbons (Fsp3) is 0.333. The molecule has 0 radical (unpaired) electrons. The smallest absolute Gasteiger partial charge is 0.148 e. The third kappa shape index (κ3) is 2.90. The monoisotopic (exact) mass is 257 g/mol. The first-order valence-corrected chi connectivity index (χ1v) is 6.39. The predicted molar refractivity (Wildman–Crippen MR) is 77.3 cm³/mol. The standard InChI is InChI=1S/C15H19N3O/c1-10-4-5-13(12(3)11(10)2)14-6-7-15(18-17-14)16-8-9-19/h4-7,19H,8-9H2,1-3H3,(H,16,18). The lowest BCUT2D eigenvalue weighted by molar-refractivity contribution is 0.311. The van der Waals surface area contributed by atoms with E-state index in [0.29, 0.717) is 12.4 Å². The van der Waals surface area contributed by atoms with E-state index in [0.717, 1.165) is 11.3 Å². The van der Waals surface area contributed by atoms with Crippen molar-refractivity contribution in [2.45, 2.75) is 20.8 Å². The second kappa shape index (κ2) is 5.80. The van der Waals surface area contributed by atoms with Gasteiger partial charge in [0.15, 0.2) is 0 Å². The van der Waals surface area contributed by atoms with Crippen molar-refractivity contribution in [1.29, 1.82) is 0 Å². The van der Waals surface area contributed by atoms with Crippen molar-refractivity contribution in [3.63, 3.8) is 0 Å². The van der Waals surface area contributed by atoms with Crippen molar-refractivity contribution in [1.82, 2.24) is 10.2 Å². The Labute approximate surface area is 113 Å². The molecule has 0 fully saturated rings. The summed E-state index contributed by atoms with van der Waals surface area (Å²) in [7, 11) is 0. The summed E-state index contributed by atoms with van der Waals surface area (Å²) < 4.78 is 0. The lowest BCUT2D eigenvalue weighted by Gasteiger charge is -2.10. The summed E-state index contributed by atoms with van der Waals surface area (Å²) in [6.45, 7) is 6.91. The van der Waals surface area contributed by atoms with Gasteiger partial charge >= 0.3 is 0 Å². The van der Waals surface area contributed by atoms with Crippen LogP contribution in [0, 0.1) is 20.8 Å². The molecule has 19 heavy (non-hydrogen) atoms. The topological polar surface area (TPSA) is 58.0 Å². The summed E-state index contributed by atoms with van der Waals surface area (Å²) in [5.74, 6) is 0.680. The van der Waals surface area contributed by atoms with E-state index < -0.39 is 0 Å². The van der Waals surface area contributed by atoms with Gasteiger partial charge in [-0.1, -0.05) is 12.1 Å². The van der Waals surface area contributed by atoms with E-state index in [1.807, 2.05) is 12.1 Å². The number of hydrogen-bond donors (Lipinski definition) is 2. The third-order valence-corrected chi connectivity index (χ3v) is 3.42. The largest absolute Gasteiger partial charge is 0.395 e. The number of aryl methyl sites for hydroxylation is 1. The second-order valence-electron chi connectivity index (χ2n) is 4.63. The van der Waals surface area contributed by atoms with E-state index >= 15 is 0 Å². The van der Waals surface area contributed by atoms with Gasteiger partial charge in [0.2, 0.25) is 0 Å². The number of aliphatic hydroxyl groups excluding tert-OH is 1. The zero-order chi connectivity index (χ0) is 13.8. The van der Waals surface area contributed by atoms with Gasteiger partial charge in [-0.05, 0) is 49.6 Å². The lowest BCUT2D eigenvalue weighted by atomic mass is 9.97. The van der Waals surface area contributed by atoms with E-state index in [1.165, 1.54) is 16.7 Å². The molecule has 1 heterocycles. The maximum Gasteiger partial charge on any atom is 0.148 e. The Morgan fingerprint density at radius 2 is 1.79 bits per heavy atom. The summed E-state index contributed by atoms with van der Waals surface area (Å²) in [6, 6.07) is 8.02. The second-order valence-corrected chi connectivity index (χ2v) is 4.63. The number of hydrogen-bond acceptors (Lipinski definition) is 4. The van der Waals surface area contributed by atoms with Crippen LogP contribution in [0.5, 0.6) is 0 Å². The Hall–Kier alpha value is -1.94. The van der Waals surface area contributed by atoms with Crippen LogP contribution in [0.25, 0.3) is 11.3 Å². The van der Waals surface area contributed by atoms with Crippen LogP contribution < -0.4 is 5.32 Å². The van der Waals surface area contributed by atoms with E-state index in [1.54, 1.807) is 0 Å². The van der Waals surface area contributed by atoms with E-state index in [4.69, 9.17) is 5.11 Å². The van der Waals surface area contributed by atoms with Crippen molar-refractivity contribution >= 4 is 5.82 Å². The molecule has 4 heteroatoms. The highest BCUT2D eigenvalue weighted by Crippen LogP contribution is 2.25. The van der Waals surface area contributed by atoms with Crippen molar-refractivity contribution in [3.05, 3.63) is 41.0 Å². The molecule has 0 aliphatic heterocycles. The number of aromatic nitrogens is 2. The molecular weight excluding hydrogens is 238 g/mol. The highest BCUT2D eigenvalue weighted by molar-refractivity contribution is 5.66. The molecule has 0 atom stereocenters. The fourth-order valence-electron chi connectivity index (χ4n) is 1.99. The molecule has 2 rings (SSSR count). The predicted octanol–water partition coefficient (Wildman–Crippen LogP) is 2.47. The summed E-state index contributed by atoms with van der Waals surface area (Å²) in [4.78, 5) is 0. The molecule has 2 N–H and O–H groups in total. The van der Waals surface area contributed by atoms with Gasteiger partial charge in [-0.2, -0.15) is 0 Å². The summed E-state index contributed by atoms with van der Waals surface area (Å²) in [5, 5.41) is 20.1. The first kappa shape index (κ1) is 13.5. The average molecular weight is 257 g/mol. The maximum atomic E-state index is 8.74. The van der Waals surface area contributed by atoms with Crippen LogP contribution in [0.2, 0.25) is 0 Å². The molecule has 0 aliphatic rings. The normalized spacial score (nSPS) is 10.5. The molecule has 2 aromatic rings. The van der Waals surface area contributed by atoms with Gasteiger partial charge in [0, 0.05) is 12.1 Å². The lowest BCUT2D eigenvalue weighted by Crippen LogP contribution is -2.07. The number of nitrogens with zero attached hydrogens (tertiary/aromatic N) is 2. The Kier molecular flexibility index (Phi) is 4.12. The molecule has 0 saturated carbocycles.